The Bertz CT molecular complexity index is 678. The number of nitrogens with one attached hydrogen (secondary N) is 2. The van der Waals surface area contributed by atoms with Crippen molar-refractivity contribution >= 4 is 33.3 Å². The van der Waals surface area contributed by atoms with Crippen LogP contribution in [0.4, 0.5) is 17.3 Å². The number of nitriles is 1. The van der Waals surface area contributed by atoms with Gasteiger partial charge in [0, 0.05) is 16.6 Å². The lowest BCUT2D eigenvalue weighted by Crippen LogP contribution is -2.07. The summed E-state index contributed by atoms with van der Waals surface area (Å²) in [6, 6.07) is 7.63. The van der Waals surface area contributed by atoms with E-state index in [2.05, 4.69) is 49.5 Å². The Hall–Kier alpha value is -2.13. The number of anilines is 3. The Kier molecular flexibility index (Phi) is 5.12. The van der Waals surface area contributed by atoms with Crippen LogP contribution in [-0.4, -0.2) is 16.5 Å². The van der Waals surface area contributed by atoms with E-state index in [1.165, 1.54) is 6.33 Å². The van der Waals surface area contributed by atoms with Gasteiger partial charge in [-0.1, -0.05) is 22.9 Å². The zero-order valence-electron chi connectivity index (χ0n) is 11.9. The molecule has 1 heterocycles. The molecule has 0 unspecified atom stereocenters. The van der Waals surface area contributed by atoms with E-state index in [0.717, 1.165) is 34.5 Å². The van der Waals surface area contributed by atoms with E-state index < -0.39 is 0 Å². The molecule has 0 atom stereocenters. The quantitative estimate of drug-likeness (QED) is 0.857. The molecule has 6 heteroatoms. The molecule has 0 saturated carbocycles. The first-order chi connectivity index (χ1) is 10.2. The van der Waals surface area contributed by atoms with Gasteiger partial charge >= 0.3 is 0 Å². The molecule has 0 aliphatic rings. The number of benzene rings is 1. The lowest BCUT2D eigenvalue weighted by Gasteiger charge is -2.13. The minimum atomic E-state index is 0.569. The third-order valence-electron chi connectivity index (χ3n) is 2.98. The number of nitrogens with zero attached hydrogens (tertiary/aromatic N) is 3. The van der Waals surface area contributed by atoms with Crippen LogP contribution in [-0.2, 0) is 0 Å². The van der Waals surface area contributed by atoms with Gasteiger partial charge in [-0.25, -0.2) is 9.97 Å². The second-order valence-electron chi connectivity index (χ2n) is 4.55. The lowest BCUT2D eigenvalue weighted by molar-refractivity contribution is 0.960. The van der Waals surface area contributed by atoms with Crippen LogP contribution in [0.5, 0.6) is 0 Å². The smallest absolute Gasteiger partial charge is 0.138 e. The first-order valence-electron chi connectivity index (χ1n) is 6.67. The third kappa shape index (κ3) is 3.70. The summed E-state index contributed by atoms with van der Waals surface area (Å²) in [4.78, 5) is 8.50. The van der Waals surface area contributed by atoms with Crippen LogP contribution < -0.4 is 10.6 Å². The van der Waals surface area contributed by atoms with Gasteiger partial charge in [0.15, 0.2) is 0 Å². The first kappa shape index (κ1) is 15.3. The molecular weight excluding hydrogens is 330 g/mol. The summed E-state index contributed by atoms with van der Waals surface area (Å²) in [5.74, 6) is 1.50. The molecule has 21 heavy (non-hydrogen) atoms. The maximum atomic E-state index is 9.18. The fourth-order valence-electron chi connectivity index (χ4n) is 1.84. The molecule has 5 nitrogen and oxygen atoms in total. The van der Waals surface area contributed by atoms with Crippen LogP contribution in [0, 0.1) is 18.3 Å². The lowest BCUT2D eigenvalue weighted by atomic mass is 10.2. The van der Waals surface area contributed by atoms with Gasteiger partial charge in [0.1, 0.15) is 24.0 Å². The molecule has 2 rings (SSSR count). The number of rotatable bonds is 5. The largest absolute Gasteiger partial charge is 0.370 e. The fourth-order valence-corrected chi connectivity index (χ4v) is 2.20. The van der Waals surface area contributed by atoms with E-state index >= 15 is 0 Å². The molecule has 0 radical (unpaired) electrons. The maximum absolute atomic E-state index is 9.18. The molecule has 2 N–H and O–H groups in total. The van der Waals surface area contributed by atoms with Crippen LogP contribution in [0.1, 0.15) is 24.5 Å². The van der Waals surface area contributed by atoms with Crippen molar-refractivity contribution < 1.29 is 0 Å². The highest BCUT2D eigenvalue weighted by atomic mass is 79.9. The summed E-state index contributed by atoms with van der Waals surface area (Å²) in [7, 11) is 0. The highest BCUT2D eigenvalue weighted by molar-refractivity contribution is 9.10. The molecule has 108 valence electrons. The standard InChI is InChI=1S/C15H16BrN5/c1-3-6-18-14-10(2)15(20-9-19-14)21-13-7-12(16)5-4-11(13)8-17/h4-5,7,9H,3,6H2,1-2H3,(H2,18,19,20,21). The summed E-state index contributed by atoms with van der Waals surface area (Å²) in [6.07, 6.45) is 2.54. The van der Waals surface area contributed by atoms with Gasteiger partial charge in [0.2, 0.25) is 0 Å². The molecular formula is C15H16BrN5. The predicted octanol–water partition coefficient (Wildman–Crippen LogP) is 3.98. The second kappa shape index (κ2) is 7.04. The number of halogens is 1. The highest BCUT2D eigenvalue weighted by Crippen LogP contribution is 2.26. The molecule has 0 bridgehead atoms. The summed E-state index contributed by atoms with van der Waals surface area (Å²) in [5, 5.41) is 15.6. The first-order valence-corrected chi connectivity index (χ1v) is 7.47. The average molecular weight is 346 g/mol. The Balaban J connectivity index is 2.32. The van der Waals surface area contributed by atoms with E-state index in [0.29, 0.717) is 11.4 Å². The Morgan fingerprint density at radius 1 is 1.29 bits per heavy atom. The zero-order chi connectivity index (χ0) is 15.2. The van der Waals surface area contributed by atoms with Crippen molar-refractivity contribution in [3.63, 3.8) is 0 Å². The number of aromatic nitrogens is 2. The van der Waals surface area contributed by atoms with Crippen LogP contribution in [0.15, 0.2) is 29.0 Å². The van der Waals surface area contributed by atoms with E-state index in [9.17, 15) is 5.26 Å². The molecule has 0 fully saturated rings. The van der Waals surface area contributed by atoms with Crippen LogP contribution in [0.3, 0.4) is 0 Å². The highest BCUT2D eigenvalue weighted by Gasteiger charge is 2.09. The van der Waals surface area contributed by atoms with E-state index in [1.54, 1.807) is 6.07 Å². The molecule has 2 aromatic rings. The monoisotopic (exact) mass is 345 g/mol. The van der Waals surface area contributed by atoms with Crippen molar-refractivity contribution in [3.8, 4) is 6.07 Å². The van der Waals surface area contributed by atoms with Crippen LogP contribution in [0.25, 0.3) is 0 Å². The van der Waals surface area contributed by atoms with Crippen LogP contribution in [0.2, 0.25) is 0 Å². The van der Waals surface area contributed by atoms with Crippen molar-refractivity contribution in [2.45, 2.75) is 20.3 Å². The second-order valence-corrected chi connectivity index (χ2v) is 5.47. The molecule has 0 spiro atoms. The van der Waals surface area contributed by atoms with Gasteiger partial charge in [0.25, 0.3) is 0 Å². The molecule has 0 saturated heterocycles. The van der Waals surface area contributed by atoms with Crippen molar-refractivity contribution in [1.82, 2.24) is 9.97 Å². The Labute approximate surface area is 132 Å². The Morgan fingerprint density at radius 2 is 2.05 bits per heavy atom. The summed E-state index contributed by atoms with van der Waals surface area (Å²) in [5.41, 5.74) is 2.21. The van der Waals surface area contributed by atoms with Gasteiger partial charge in [0.05, 0.1) is 11.3 Å². The van der Waals surface area contributed by atoms with Gasteiger partial charge in [-0.2, -0.15) is 5.26 Å². The number of hydrogen-bond donors (Lipinski definition) is 2. The maximum Gasteiger partial charge on any atom is 0.138 e. The topological polar surface area (TPSA) is 73.6 Å². The van der Waals surface area contributed by atoms with Crippen molar-refractivity contribution in [3.05, 3.63) is 40.1 Å². The van der Waals surface area contributed by atoms with Crippen LogP contribution >= 0.6 is 15.9 Å². The summed E-state index contributed by atoms with van der Waals surface area (Å²) >= 11 is 3.41. The van der Waals surface area contributed by atoms with E-state index in [4.69, 9.17) is 0 Å². The molecule has 1 aromatic heterocycles. The third-order valence-corrected chi connectivity index (χ3v) is 3.47. The van der Waals surface area contributed by atoms with Crippen molar-refractivity contribution in [1.29, 1.82) is 5.26 Å². The molecule has 1 aromatic carbocycles. The normalized spacial score (nSPS) is 10.0. The fraction of sp³-hybridized carbons (Fsp3) is 0.267. The van der Waals surface area contributed by atoms with E-state index in [1.807, 2.05) is 19.1 Å². The molecule has 0 amide bonds. The van der Waals surface area contributed by atoms with E-state index in [-0.39, 0.29) is 0 Å². The minimum absolute atomic E-state index is 0.569. The Morgan fingerprint density at radius 3 is 2.76 bits per heavy atom. The van der Waals surface area contributed by atoms with Gasteiger partial charge in [-0.15, -0.1) is 0 Å². The predicted molar refractivity (Wildman–Crippen MR) is 87.7 cm³/mol. The van der Waals surface area contributed by atoms with Gasteiger partial charge < -0.3 is 10.6 Å². The van der Waals surface area contributed by atoms with Crippen molar-refractivity contribution in [2.24, 2.45) is 0 Å². The molecule has 0 aliphatic carbocycles. The SMILES string of the molecule is CCCNc1ncnc(Nc2cc(Br)ccc2C#N)c1C. The zero-order valence-corrected chi connectivity index (χ0v) is 13.5. The summed E-state index contributed by atoms with van der Waals surface area (Å²) in [6.45, 7) is 4.91. The van der Waals surface area contributed by atoms with Crippen molar-refractivity contribution in [2.75, 3.05) is 17.2 Å². The average Bonchev–Trinajstić information content (AvgIpc) is 2.48. The summed E-state index contributed by atoms with van der Waals surface area (Å²) < 4.78 is 0.903. The molecule has 0 aliphatic heterocycles. The number of hydrogen-bond acceptors (Lipinski definition) is 5. The van der Waals surface area contributed by atoms with Gasteiger partial charge in [-0.3, -0.25) is 0 Å². The van der Waals surface area contributed by atoms with Gasteiger partial charge in [-0.05, 0) is 31.5 Å². The minimum Gasteiger partial charge on any atom is -0.370 e.